The van der Waals surface area contributed by atoms with Gasteiger partial charge in [0.05, 0.1) is 5.41 Å². The molecule has 0 aromatic carbocycles. The van der Waals surface area contributed by atoms with Crippen molar-refractivity contribution in [2.24, 2.45) is 11.3 Å². The van der Waals surface area contributed by atoms with Crippen molar-refractivity contribution >= 4 is 5.97 Å². The molecule has 0 aromatic rings. The summed E-state index contributed by atoms with van der Waals surface area (Å²) in [5.41, 5.74) is -0.420. The molecular formula is C10H17NO2. The second-order valence-electron chi connectivity index (χ2n) is 4.39. The Morgan fingerprint density at radius 2 is 2.23 bits per heavy atom. The molecule has 0 aromatic heterocycles. The molecule has 74 valence electrons. The van der Waals surface area contributed by atoms with E-state index in [1.54, 1.807) is 0 Å². The zero-order valence-corrected chi connectivity index (χ0v) is 7.88. The number of hydrogen-bond donors (Lipinski definition) is 2. The lowest BCUT2D eigenvalue weighted by atomic mass is 9.74. The molecule has 1 aliphatic carbocycles. The first kappa shape index (κ1) is 9.00. The minimum absolute atomic E-state index is 0.382. The minimum Gasteiger partial charge on any atom is -0.481 e. The molecule has 2 fully saturated rings. The highest BCUT2D eigenvalue weighted by Gasteiger charge is 2.49. The van der Waals surface area contributed by atoms with E-state index in [-0.39, 0.29) is 0 Å². The third kappa shape index (κ3) is 1.35. The molecule has 0 bridgehead atoms. The van der Waals surface area contributed by atoms with Gasteiger partial charge >= 0.3 is 5.97 Å². The number of hydrogen-bond acceptors (Lipinski definition) is 2. The summed E-state index contributed by atoms with van der Waals surface area (Å²) in [5, 5.41) is 12.5. The SMILES string of the molecule is O=C(O)C12CCCCCC1CNC2. The first-order valence-corrected chi connectivity index (χ1v) is 5.20. The van der Waals surface area contributed by atoms with Crippen molar-refractivity contribution in [3.63, 3.8) is 0 Å². The smallest absolute Gasteiger partial charge is 0.311 e. The molecule has 1 saturated heterocycles. The van der Waals surface area contributed by atoms with Gasteiger partial charge in [-0.1, -0.05) is 19.3 Å². The summed E-state index contributed by atoms with van der Waals surface area (Å²) >= 11 is 0. The summed E-state index contributed by atoms with van der Waals surface area (Å²) in [4.78, 5) is 11.3. The van der Waals surface area contributed by atoms with Gasteiger partial charge < -0.3 is 10.4 Å². The van der Waals surface area contributed by atoms with Crippen LogP contribution in [0, 0.1) is 11.3 Å². The van der Waals surface area contributed by atoms with Crippen LogP contribution in [0.25, 0.3) is 0 Å². The fourth-order valence-electron chi connectivity index (χ4n) is 2.85. The van der Waals surface area contributed by atoms with Crippen LogP contribution in [0.3, 0.4) is 0 Å². The summed E-state index contributed by atoms with van der Waals surface area (Å²) < 4.78 is 0. The lowest BCUT2D eigenvalue weighted by Crippen LogP contribution is -2.38. The van der Waals surface area contributed by atoms with Crippen LogP contribution < -0.4 is 5.32 Å². The van der Waals surface area contributed by atoms with E-state index in [0.29, 0.717) is 12.5 Å². The Kier molecular flexibility index (Phi) is 2.28. The quantitative estimate of drug-likeness (QED) is 0.643. The van der Waals surface area contributed by atoms with Crippen molar-refractivity contribution < 1.29 is 9.90 Å². The molecule has 0 spiro atoms. The van der Waals surface area contributed by atoms with Crippen LogP contribution in [0.4, 0.5) is 0 Å². The molecule has 2 unspecified atom stereocenters. The standard InChI is InChI=1S/C10H17NO2/c12-9(13)10-5-3-1-2-4-8(10)6-11-7-10/h8,11H,1-7H2,(H,12,13). The Hall–Kier alpha value is -0.570. The van der Waals surface area contributed by atoms with E-state index in [2.05, 4.69) is 5.32 Å². The van der Waals surface area contributed by atoms with Crippen LogP contribution in [0.15, 0.2) is 0 Å². The zero-order valence-electron chi connectivity index (χ0n) is 7.88. The van der Waals surface area contributed by atoms with Crippen molar-refractivity contribution in [2.75, 3.05) is 13.1 Å². The molecule has 2 aliphatic rings. The summed E-state index contributed by atoms with van der Waals surface area (Å²) in [6.07, 6.45) is 5.48. The number of nitrogens with one attached hydrogen (secondary N) is 1. The van der Waals surface area contributed by atoms with E-state index >= 15 is 0 Å². The Labute approximate surface area is 78.5 Å². The Morgan fingerprint density at radius 1 is 1.38 bits per heavy atom. The van der Waals surface area contributed by atoms with Gasteiger partial charge in [0.1, 0.15) is 0 Å². The molecule has 2 atom stereocenters. The van der Waals surface area contributed by atoms with Crippen molar-refractivity contribution in [1.29, 1.82) is 0 Å². The fraction of sp³-hybridized carbons (Fsp3) is 0.900. The van der Waals surface area contributed by atoms with Crippen LogP contribution in [-0.4, -0.2) is 24.2 Å². The lowest BCUT2D eigenvalue weighted by Gasteiger charge is -2.27. The predicted octanol–water partition coefficient (Wildman–Crippen LogP) is 1.24. The zero-order chi connectivity index (χ0) is 9.31. The summed E-state index contributed by atoms with van der Waals surface area (Å²) in [5.74, 6) is -0.197. The van der Waals surface area contributed by atoms with E-state index in [1.165, 1.54) is 12.8 Å². The molecule has 1 heterocycles. The maximum Gasteiger partial charge on any atom is 0.311 e. The first-order chi connectivity index (χ1) is 6.26. The lowest BCUT2D eigenvalue weighted by molar-refractivity contribution is -0.150. The second kappa shape index (κ2) is 3.29. The maximum absolute atomic E-state index is 11.3. The fourth-order valence-corrected chi connectivity index (χ4v) is 2.85. The van der Waals surface area contributed by atoms with Gasteiger partial charge in [0, 0.05) is 6.54 Å². The van der Waals surface area contributed by atoms with Gasteiger partial charge in [-0.05, 0) is 25.3 Å². The highest BCUT2D eigenvalue weighted by Crippen LogP contribution is 2.42. The minimum atomic E-state index is -0.579. The predicted molar refractivity (Wildman–Crippen MR) is 49.5 cm³/mol. The molecule has 0 amide bonds. The van der Waals surface area contributed by atoms with Gasteiger partial charge in [0.15, 0.2) is 0 Å². The topological polar surface area (TPSA) is 49.3 Å². The van der Waals surface area contributed by atoms with Gasteiger partial charge in [-0.15, -0.1) is 0 Å². The van der Waals surface area contributed by atoms with Crippen molar-refractivity contribution in [3.05, 3.63) is 0 Å². The van der Waals surface area contributed by atoms with E-state index in [0.717, 1.165) is 25.8 Å². The molecule has 3 heteroatoms. The molecule has 2 N–H and O–H groups in total. The Morgan fingerprint density at radius 3 is 3.00 bits per heavy atom. The van der Waals surface area contributed by atoms with E-state index in [4.69, 9.17) is 0 Å². The van der Waals surface area contributed by atoms with Gasteiger partial charge in [-0.3, -0.25) is 4.79 Å². The number of carbonyl (C=O) groups is 1. The van der Waals surface area contributed by atoms with E-state index in [9.17, 15) is 9.90 Å². The van der Waals surface area contributed by atoms with Crippen molar-refractivity contribution in [1.82, 2.24) is 5.32 Å². The first-order valence-electron chi connectivity index (χ1n) is 5.20. The van der Waals surface area contributed by atoms with Gasteiger partial charge in [0.25, 0.3) is 0 Å². The Balaban J connectivity index is 2.22. The number of fused-ring (bicyclic) bond motifs is 1. The third-order valence-electron chi connectivity index (χ3n) is 3.71. The summed E-state index contributed by atoms with van der Waals surface area (Å²) in [6, 6.07) is 0. The van der Waals surface area contributed by atoms with Gasteiger partial charge in [0.2, 0.25) is 0 Å². The van der Waals surface area contributed by atoms with Crippen LogP contribution in [0.2, 0.25) is 0 Å². The molecule has 3 nitrogen and oxygen atoms in total. The Bertz CT molecular complexity index is 217. The summed E-state index contributed by atoms with van der Waals surface area (Å²) in [7, 11) is 0. The van der Waals surface area contributed by atoms with E-state index in [1.807, 2.05) is 0 Å². The highest BCUT2D eigenvalue weighted by atomic mass is 16.4. The summed E-state index contributed by atoms with van der Waals surface area (Å²) in [6.45, 7) is 1.60. The molecule has 13 heavy (non-hydrogen) atoms. The van der Waals surface area contributed by atoms with Crippen LogP contribution in [-0.2, 0) is 4.79 Å². The number of aliphatic carboxylic acids is 1. The molecule has 0 radical (unpaired) electrons. The largest absolute Gasteiger partial charge is 0.481 e. The molecule has 1 aliphatic heterocycles. The molecule has 2 rings (SSSR count). The van der Waals surface area contributed by atoms with Gasteiger partial charge in [-0.2, -0.15) is 0 Å². The molecule has 1 saturated carbocycles. The number of carboxylic acid groups (broad SMARTS) is 1. The maximum atomic E-state index is 11.3. The van der Waals surface area contributed by atoms with Crippen LogP contribution in [0.5, 0.6) is 0 Å². The second-order valence-corrected chi connectivity index (χ2v) is 4.39. The van der Waals surface area contributed by atoms with Crippen molar-refractivity contribution in [3.8, 4) is 0 Å². The highest BCUT2D eigenvalue weighted by molar-refractivity contribution is 5.76. The van der Waals surface area contributed by atoms with Crippen molar-refractivity contribution in [2.45, 2.75) is 32.1 Å². The molecular weight excluding hydrogens is 166 g/mol. The third-order valence-corrected chi connectivity index (χ3v) is 3.71. The average molecular weight is 183 g/mol. The van der Waals surface area contributed by atoms with Gasteiger partial charge in [-0.25, -0.2) is 0 Å². The monoisotopic (exact) mass is 183 g/mol. The van der Waals surface area contributed by atoms with Crippen LogP contribution in [0.1, 0.15) is 32.1 Å². The normalized spacial score (nSPS) is 39.5. The van der Waals surface area contributed by atoms with Crippen LogP contribution >= 0.6 is 0 Å². The number of rotatable bonds is 1. The van der Waals surface area contributed by atoms with E-state index < -0.39 is 11.4 Å². The average Bonchev–Trinajstić information content (AvgIpc) is 2.40. The number of carboxylic acids is 1.